The van der Waals surface area contributed by atoms with E-state index < -0.39 is 0 Å². The molecule has 0 amide bonds. The highest BCUT2D eigenvalue weighted by molar-refractivity contribution is 5.61. The molecule has 0 saturated heterocycles. The molecule has 2 rings (SSSR count). The third-order valence-corrected chi connectivity index (χ3v) is 2.93. The van der Waals surface area contributed by atoms with E-state index in [4.69, 9.17) is 10.00 Å². The molecule has 1 unspecified atom stereocenters. The molecule has 0 spiro atoms. The van der Waals surface area contributed by atoms with Crippen LogP contribution in [0.5, 0.6) is 5.75 Å². The number of nitrogens with zero attached hydrogens (tertiary/aromatic N) is 2. The number of hydrogen-bond acceptors (Lipinski definition) is 4. The van der Waals surface area contributed by atoms with Gasteiger partial charge >= 0.3 is 0 Å². The maximum atomic E-state index is 9.12. The number of rotatable bonds is 4. The van der Waals surface area contributed by atoms with Gasteiger partial charge in [0, 0.05) is 24.5 Å². The summed E-state index contributed by atoms with van der Waals surface area (Å²) in [5.41, 5.74) is 2.48. The van der Waals surface area contributed by atoms with Crippen molar-refractivity contribution in [2.45, 2.75) is 13.0 Å². The van der Waals surface area contributed by atoms with E-state index in [1.807, 2.05) is 25.1 Å². The van der Waals surface area contributed by atoms with E-state index in [1.54, 1.807) is 31.6 Å². The quantitative estimate of drug-likeness (QED) is 0.909. The van der Waals surface area contributed by atoms with Gasteiger partial charge in [-0.2, -0.15) is 5.26 Å². The molecule has 1 aromatic heterocycles. The highest BCUT2D eigenvalue weighted by atomic mass is 16.5. The molecule has 4 heteroatoms. The molecule has 0 fully saturated rings. The van der Waals surface area contributed by atoms with Gasteiger partial charge in [-0.25, -0.2) is 0 Å². The van der Waals surface area contributed by atoms with Crippen molar-refractivity contribution in [2.75, 3.05) is 12.4 Å². The fraction of sp³-hybridized carbons (Fsp3) is 0.200. The lowest BCUT2D eigenvalue weighted by atomic mass is 10.1. The van der Waals surface area contributed by atoms with Crippen molar-refractivity contribution in [3.63, 3.8) is 0 Å². The summed E-state index contributed by atoms with van der Waals surface area (Å²) in [5.74, 6) is 0.725. The molecule has 0 aliphatic carbocycles. The van der Waals surface area contributed by atoms with E-state index >= 15 is 0 Å². The predicted molar refractivity (Wildman–Crippen MR) is 74.0 cm³/mol. The first-order chi connectivity index (χ1) is 9.24. The lowest BCUT2D eigenvalue weighted by Gasteiger charge is -2.17. The van der Waals surface area contributed by atoms with Gasteiger partial charge in [0.05, 0.1) is 18.4 Å². The van der Waals surface area contributed by atoms with Gasteiger partial charge in [-0.05, 0) is 36.8 Å². The van der Waals surface area contributed by atoms with Crippen LogP contribution in [-0.4, -0.2) is 12.1 Å². The van der Waals surface area contributed by atoms with Crippen LogP contribution in [-0.2, 0) is 0 Å². The Morgan fingerprint density at radius 1 is 1.26 bits per heavy atom. The molecule has 1 N–H and O–H groups in total. The Kier molecular flexibility index (Phi) is 3.99. The zero-order chi connectivity index (χ0) is 13.7. The Morgan fingerprint density at radius 2 is 2.00 bits per heavy atom. The average Bonchev–Trinajstić information content (AvgIpc) is 2.48. The topological polar surface area (TPSA) is 57.9 Å². The third kappa shape index (κ3) is 3.02. The molecule has 0 saturated carbocycles. The van der Waals surface area contributed by atoms with Crippen molar-refractivity contribution < 1.29 is 4.74 Å². The second-order valence-electron chi connectivity index (χ2n) is 4.17. The van der Waals surface area contributed by atoms with E-state index in [0.29, 0.717) is 5.56 Å². The first-order valence-electron chi connectivity index (χ1n) is 5.99. The van der Waals surface area contributed by atoms with E-state index in [1.165, 1.54) is 0 Å². The van der Waals surface area contributed by atoms with Gasteiger partial charge in [0.1, 0.15) is 11.8 Å². The van der Waals surface area contributed by atoms with Crippen LogP contribution >= 0.6 is 0 Å². The molecule has 0 bridgehead atoms. The fourth-order valence-electron chi connectivity index (χ4n) is 1.84. The number of benzene rings is 1. The van der Waals surface area contributed by atoms with E-state index in [-0.39, 0.29) is 6.04 Å². The number of aromatic nitrogens is 1. The SMILES string of the molecule is COc1ccc(C#N)c(NC(C)c2ccncc2)c1. The van der Waals surface area contributed by atoms with Crippen LogP contribution in [0.1, 0.15) is 24.1 Å². The van der Waals surface area contributed by atoms with Crippen LogP contribution in [0.4, 0.5) is 5.69 Å². The monoisotopic (exact) mass is 253 g/mol. The second kappa shape index (κ2) is 5.87. The average molecular weight is 253 g/mol. The predicted octanol–water partition coefficient (Wildman–Crippen LogP) is 3.13. The fourth-order valence-corrected chi connectivity index (χ4v) is 1.84. The minimum absolute atomic E-state index is 0.0854. The molecule has 2 aromatic rings. The number of nitrogens with one attached hydrogen (secondary N) is 1. The van der Waals surface area contributed by atoms with Gasteiger partial charge in [0.15, 0.2) is 0 Å². The normalized spacial score (nSPS) is 11.4. The van der Waals surface area contributed by atoms with Gasteiger partial charge in [0.2, 0.25) is 0 Å². The van der Waals surface area contributed by atoms with Crippen molar-refractivity contribution >= 4 is 5.69 Å². The number of pyridine rings is 1. The van der Waals surface area contributed by atoms with Crippen molar-refractivity contribution in [2.24, 2.45) is 0 Å². The molecule has 0 radical (unpaired) electrons. The van der Waals surface area contributed by atoms with Gasteiger partial charge in [-0.1, -0.05) is 0 Å². The van der Waals surface area contributed by atoms with Crippen LogP contribution in [0.2, 0.25) is 0 Å². The first kappa shape index (κ1) is 12.9. The Morgan fingerprint density at radius 3 is 2.63 bits per heavy atom. The molecular weight excluding hydrogens is 238 g/mol. The summed E-state index contributed by atoms with van der Waals surface area (Å²) >= 11 is 0. The summed E-state index contributed by atoms with van der Waals surface area (Å²) in [5, 5.41) is 12.4. The summed E-state index contributed by atoms with van der Waals surface area (Å²) in [4.78, 5) is 4.00. The highest BCUT2D eigenvalue weighted by Gasteiger charge is 2.09. The summed E-state index contributed by atoms with van der Waals surface area (Å²) in [6, 6.07) is 11.5. The van der Waals surface area contributed by atoms with E-state index in [0.717, 1.165) is 17.0 Å². The maximum Gasteiger partial charge on any atom is 0.121 e. The first-order valence-corrected chi connectivity index (χ1v) is 5.99. The van der Waals surface area contributed by atoms with Crippen LogP contribution in [0.15, 0.2) is 42.7 Å². The lowest BCUT2D eigenvalue weighted by molar-refractivity contribution is 0.415. The molecule has 4 nitrogen and oxygen atoms in total. The number of ether oxygens (including phenoxy) is 1. The Hall–Kier alpha value is -2.54. The van der Waals surface area contributed by atoms with Crippen LogP contribution in [0.25, 0.3) is 0 Å². The molecule has 1 atom stereocenters. The summed E-state index contributed by atoms with van der Waals surface area (Å²) in [6.07, 6.45) is 3.51. The number of anilines is 1. The summed E-state index contributed by atoms with van der Waals surface area (Å²) in [7, 11) is 1.61. The minimum Gasteiger partial charge on any atom is -0.497 e. The van der Waals surface area contributed by atoms with Crippen LogP contribution < -0.4 is 10.1 Å². The molecule has 0 aliphatic heterocycles. The lowest BCUT2D eigenvalue weighted by Crippen LogP contribution is -2.08. The molecule has 1 aromatic carbocycles. The Bertz CT molecular complexity index is 590. The van der Waals surface area contributed by atoms with Crippen molar-refractivity contribution in [3.8, 4) is 11.8 Å². The van der Waals surface area contributed by atoms with Crippen LogP contribution in [0.3, 0.4) is 0 Å². The smallest absolute Gasteiger partial charge is 0.121 e. The summed E-state index contributed by atoms with van der Waals surface area (Å²) < 4.78 is 5.18. The zero-order valence-corrected chi connectivity index (χ0v) is 10.9. The zero-order valence-electron chi connectivity index (χ0n) is 10.9. The van der Waals surface area contributed by atoms with Crippen LogP contribution in [0, 0.1) is 11.3 Å². The standard InChI is InChI=1S/C15H15N3O/c1-11(12-5-7-17-8-6-12)18-15-9-14(19-2)4-3-13(15)10-16/h3-9,11,18H,1-2H3. The van der Waals surface area contributed by atoms with Gasteiger partial charge in [-0.15, -0.1) is 0 Å². The maximum absolute atomic E-state index is 9.12. The molecule has 0 aliphatic rings. The Labute approximate surface area is 112 Å². The molecule has 96 valence electrons. The minimum atomic E-state index is 0.0854. The molecule has 1 heterocycles. The number of hydrogen-bond donors (Lipinski definition) is 1. The molecule has 19 heavy (non-hydrogen) atoms. The van der Waals surface area contributed by atoms with Crippen molar-refractivity contribution in [3.05, 3.63) is 53.9 Å². The largest absolute Gasteiger partial charge is 0.497 e. The van der Waals surface area contributed by atoms with Gasteiger partial charge in [-0.3, -0.25) is 4.98 Å². The third-order valence-electron chi connectivity index (χ3n) is 2.93. The van der Waals surface area contributed by atoms with Crippen molar-refractivity contribution in [1.82, 2.24) is 4.98 Å². The van der Waals surface area contributed by atoms with Crippen molar-refractivity contribution in [1.29, 1.82) is 5.26 Å². The number of nitriles is 1. The highest BCUT2D eigenvalue weighted by Crippen LogP contribution is 2.26. The number of methoxy groups -OCH3 is 1. The van der Waals surface area contributed by atoms with E-state index in [2.05, 4.69) is 16.4 Å². The van der Waals surface area contributed by atoms with Gasteiger partial charge in [0.25, 0.3) is 0 Å². The Balaban J connectivity index is 2.25. The molecular formula is C15H15N3O. The van der Waals surface area contributed by atoms with E-state index in [9.17, 15) is 0 Å². The summed E-state index contributed by atoms with van der Waals surface area (Å²) in [6.45, 7) is 2.04. The van der Waals surface area contributed by atoms with Gasteiger partial charge < -0.3 is 10.1 Å². The second-order valence-corrected chi connectivity index (χ2v) is 4.17.